The molecule has 0 aromatic heterocycles. The molecule has 5 nitrogen and oxygen atoms in total. The average molecular weight is 283 g/mol. The molecule has 1 atom stereocenters. The van der Waals surface area contributed by atoms with Crippen molar-refractivity contribution in [1.82, 2.24) is 5.32 Å². The number of carbonyl (C=O) groups excluding carboxylic acids is 1. The van der Waals surface area contributed by atoms with E-state index in [1.54, 1.807) is 0 Å². The summed E-state index contributed by atoms with van der Waals surface area (Å²) >= 11 is 0. The van der Waals surface area contributed by atoms with Crippen LogP contribution in [-0.4, -0.2) is 39.0 Å². The van der Waals surface area contributed by atoms with Crippen molar-refractivity contribution in [2.45, 2.75) is 18.9 Å². The molecular weight excluding hydrogens is 266 g/mol. The van der Waals surface area contributed by atoms with E-state index in [2.05, 4.69) is 5.32 Å². The summed E-state index contributed by atoms with van der Waals surface area (Å²) in [5.74, 6) is 0.478. The van der Waals surface area contributed by atoms with Crippen molar-refractivity contribution in [2.24, 2.45) is 0 Å². The van der Waals surface area contributed by atoms with Crippen LogP contribution in [0, 0.1) is 0 Å². The molecule has 0 fully saturated rings. The summed E-state index contributed by atoms with van der Waals surface area (Å²) in [6.45, 7) is 0.418. The largest absolute Gasteiger partial charge is 0.491 e. The van der Waals surface area contributed by atoms with E-state index in [0.717, 1.165) is 17.6 Å². The molecule has 1 amide bonds. The monoisotopic (exact) mass is 283 g/mol. The topological polar surface area (TPSA) is 72.5 Å². The standard InChI is InChI=1S/C13H17NO4S/c1-19(16,17)7-6-13(15)14-11-8-10-4-2-3-5-12(10)18-9-11/h2-5,11H,6-9H2,1H3,(H,14,15). The van der Waals surface area contributed by atoms with Crippen LogP contribution in [0.2, 0.25) is 0 Å². The van der Waals surface area contributed by atoms with E-state index in [0.29, 0.717) is 13.0 Å². The molecule has 1 aliphatic rings. The van der Waals surface area contributed by atoms with E-state index in [4.69, 9.17) is 4.74 Å². The zero-order valence-corrected chi connectivity index (χ0v) is 11.6. The summed E-state index contributed by atoms with van der Waals surface area (Å²) in [7, 11) is -3.10. The lowest BCUT2D eigenvalue weighted by Gasteiger charge is -2.26. The SMILES string of the molecule is CS(=O)(=O)CCC(=O)NC1COc2ccccc2C1. The highest BCUT2D eigenvalue weighted by Gasteiger charge is 2.21. The molecule has 19 heavy (non-hydrogen) atoms. The number of fused-ring (bicyclic) bond motifs is 1. The van der Waals surface area contributed by atoms with Gasteiger partial charge in [-0.05, 0) is 18.1 Å². The van der Waals surface area contributed by atoms with Gasteiger partial charge < -0.3 is 10.1 Å². The zero-order valence-electron chi connectivity index (χ0n) is 10.8. The number of carbonyl (C=O) groups is 1. The van der Waals surface area contributed by atoms with Crippen molar-refractivity contribution >= 4 is 15.7 Å². The quantitative estimate of drug-likeness (QED) is 0.875. The van der Waals surface area contributed by atoms with Crippen molar-refractivity contribution in [1.29, 1.82) is 0 Å². The van der Waals surface area contributed by atoms with Crippen LogP contribution in [0.15, 0.2) is 24.3 Å². The number of nitrogens with one attached hydrogen (secondary N) is 1. The number of amides is 1. The molecule has 1 aromatic carbocycles. The maximum absolute atomic E-state index is 11.6. The Bertz CT molecular complexity index is 568. The smallest absolute Gasteiger partial charge is 0.221 e. The summed E-state index contributed by atoms with van der Waals surface area (Å²) in [6.07, 6.45) is 1.83. The van der Waals surface area contributed by atoms with Gasteiger partial charge in [-0.2, -0.15) is 0 Å². The van der Waals surface area contributed by atoms with Gasteiger partial charge in [0.25, 0.3) is 0 Å². The first-order chi connectivity index (χ1) is 8.94. The molecule has 6 heteroatoms. The molecule has 0 saturated heterocycles. The van der Waals surface area contributed by atoms with Gasteiger partial charge in [-0.25, -0.2) is 8.42 Å². The van der Waals surface area contributed by atoms with Crippen LogP contribution < -0.4 is 10.1 Å². The number of hydrogen-bond acceptors (Lipinski definition) is 4. The lowest BCUT2D eigenvalue weighted by molar-refractivity contribution is -0.121. The Morgan fingerprint density at radius 1 is 1.42 bits per heavy atom. The van der Waals surface area contributed by atoms with E-state index >= 15 is 0 Å². The summed E-state index contributed by atoms with van der Waals surface area (Å²) in [6, 6.07) is 7.60. The van der Waals surface area contributed by atoms with Gasteiger partial charge in [0.2, 0.25) is 5.91 Å². The molecule has 104 valence electrons. The van der Waals surface area contributed by atoms with Crippen LogP contribution in [-0.2, 0) is 21.1 Å². The molecule has 0 aliphatic carbocycles. The van der Waals surface area contributed by atoms with E-state index in [-0.39, 0.29) is 24.1 Å². The second-order valence-corrected chi connectivity index (χ2v) is 7.03. The second-order valence-electron chi connectivity index (χ2n) is 4.77. The summed E-state index contributed by atoms with van der Waals surface area (Å²) in [5, 5.41) is 2.80. The van der Waals surface area contributed by atoms with Crippen molar-refractivity contribution in [3.05, 3.63) is 29.8 Å². The Hall–Kier alpha value is -1.56. The van der Waals surface area contributed by atoms with Gasteiger partial charge in [-0.1, -0.05) is 18.2 Å². The van der Waals surface area contributed by atoms with Crippen molar-refractivity contribution < 1.29 is 17.9 Å². The normalized spacial score (nSPS) is 18.3. The minimum Gasteiger partial charge on any atom is -0.491 e. The van der Waals surface area contributed by atoms with E-state index in [9.17, 15) is 13.2 Å². The lowest BCUT2D eigenvalue weighted by Crippen LogP contribution is -2.43. The van der Waals surface area contributed by atoms with Crippen LogP contribution >= 0.6 is 0 Å². The van der Waals surface area contributed by atoms with Gasteiger partial charge in [-0.15, -0.1) is 0 Å². The molecule has 0 spiro atoms. The Kier molecular flexibility index (Phi) is 4.09. The van der Waals surface area contributed by atoms with Crippen LogP contribution in [0.25, 0.3) is 0 Å². The van der Waals surface area contributed by atoms with Gasteiger partial charge in [0, 0.05) is 12.7 Å². The van der Waals surface area contributed by atoms with Crippen molar-refractivity contribution in [3.8, 4) is 5.75 Å². The van der Waals surface area contributed by atoms with Gasteiger partial charge in [-0.3, -0.25) is 4.79 Å². The fraction of sp³-hybridized carbons (Fsp3) is 0.462. The highest BCUT2D eigenvalue weighted by molar-refractivity contribution is 7.90. The maximum Gasteiger partial charge on any atom is 0.221 e. The van der Waals surface area contributed by atoms with Gasteiger partial charge in [0.15, 0.2) is 0 Å². The molecule has 0 bridgehead atoms. The van der Waals surface area contributed by atoms with Gasteiger partial charge >= 0.3 is 0 Å². The Labute approximate surface area is 112 Å². The Morgan fingerprint density at radius 2 is 2.16 bits per heavy atom. The number of ether oxygens (including phenoxy) is 1. The van der Waals surface area contributed by atoms with Crippen molar-refractivity contribution in [2.75, 3.05) is 18.6 Å². The molecule has 1 heterocycles. The van der Waals surface area contributed by atoms with Crippen LogP contribution in [0.4, 0.5) is 0 Å². The fourth-order valence-electron chi connectivity index (χ4n) is 2.00. The molecule has 1 aromatic rings. The van der Waals surface area contributed by atoms with Crippen LogP contribution in [0.1, 0.15) is 12.0 Å². The third-order valence-electron chi connectivity index (χ3n) is 2.94. The molecule has 0 saturated carbocycles. The summed E-state index contributed by atoms with van der Waals surface area (Å²) in [5.41, 5.74) is 1.06. The number of benzene rings is 1. The number of sulfone groups is 1. The molecule has 1 aliphatic heterocycles. The summed E-state index contributed by atoms with van der Waals surface area (Å²) < 4.78 is 27.5. The fourth-order valence-corrected chi connectivity index (χ4v) is 2.55. The van der Waals surface area contributed by atoms with E-state index < -0.39 is 9.84 Å². The molecule has 1 N–H and O–H groups in total. The molecule has 1 unspecified atom stereocenters. The first kappa shape index (κ1) is 13.9. The highest BCUT2D eigenvalue weighted by Crippen LogP contribution is 2.23. The third kappa shape index (κ3) is 4.24. The van der Waals surface area contributed by atoms with Crippen LogP contribution in [0.5, 0.6) is 5.75 Å². The number of para-hydroxylation sites is 1. The first-order valence-corrected chi connectivity index (χ1v) is 8.18. The lowest BCUT2D eigenvalue weighted by atomic mass is 10.0. The highest BCUT2D eigenvalue weighted by atomic mass is 32.2. The van der Waals surface area contributed by atoms with E-state index in [1.807, 2.05) is 24.3 Å². The maximum atomic E-state index is 11.6. The van der Waals surface area contributed by atoms with Gasteiger partial charge in [0.05, 0.1) is 11.8 Å². The van der Waals surface area contributed by atoms with Crippen LogP contribution in [0.3, 0.4) is 0 Å². The van der Waals surface area contributed by atoms with E-state index in [1.165, 1.54) is 0 Å². The third-order valence-corrected chi connectivity index (χ3v) is 3.89. The molecular formula is C13H17NO4S. The molecule has 2 rings (SSSR count). The minimum atomic E-state index is -3.10. The zero-order chi connectivity index (χ0) is 13.9. The van der Waals surface area contributed by atoms with Gasteiger partial charge in [0.1, 0.15) is 22.2 Å². The van der Waals surface area contributed by atoms with Crippen molar-refractivity contribution in [3.63, 3.8) is 0 Å². The number of hydrogen-bond donors (Lipinski definition) is 1. The average Bonchev–Trinajstić information content (AvgIpc) is 2.35. The Balaban J connectivity index is 1.87. The summed E-state index contributed by atoms with van der Waals surface area (Å²) in [4.78, 5) is 11.6. The Morgan fingerprint density at radius 3 is 2.89 bits per heavy atom. The molecule has 0 radical (unpaired) electrons. The minimum absolute atomic E-state index is 0.00300. The predicted molar refractivity (Wildman–Crippen MR) is 71.9 cm³/mol. The first-order valence-electron chi connectivity index (χ1n) is 6.12. The number of rotatable bonds is 4. The second kappa shape index (κ2) is 5.61. The predicted octanol–water partition coefficient (Wildman–Crippen LogP) is 0.541.